The van der Waals surface area contributed by atoms with Gasteiger partial charge in [-0.3, -0.25) is 4.68 Å². The first-order chi connectivity index (χ1) is 13.4. The van der Waals surface area contributed by atoms with Crippen LogP contribution in [0.15, 0.2) is 24.8 Å². The Kier molecular flexibility index (Phi) is 3.93. The van der Waals surface area contributed by atoms with E-state index in [0.29, 0.717) is 13.1 Å². The molecule has 5 rings (SSSR count). The van der Waals surface area contributed by atoms with Gasteiger partial charge in [0.1, 0.15) is 17.8 Å². The second-order valence-corrected chi connectivity index (χ2v) is 9.24. The summed E-state index contributed by atoms with van der Waals surface area (Å²) in [7, 11) is 0.314. The molecule has 3 aromatic rings. The quantitative estimate of drug-likeness (QED) is 0.643. The maximum absolute atomic E-state index is 12.7. The summed E-state index contributed by atoms with van der Waals surface area (Å²) in [6.07, 6.45) is 6.75. The summed E-state index contributed by atoms with van der Waals surface area (Å²) in [6, 6.07) is 2.12. The van der Waals surface area contributed by atoms with Crippen LogP contribution in [-0.4, -0.2) is 56.6 Å². The zero-order chi connectivity index (χ0) is 19.5. The molecule has 3 aromatic heterocycles. The molecule has 1 aliphatic heterocycles. The van der Waals surface area contributed by atoms with E-state index in [2.05, 4.69) is 29.7 Å². The van der Waals surface area contributed by atoms with E-state index >= 15 is 0 Å². The minimum atomic E-state index is -3.53. The van der Waals surface area contributed by atoms with Crippen LogP contribution in [0.3, 0.4) is 0 Å². The van der Waals surface area contributed by atoms with E-state index in [-0.39, 0.29) is 12.1 Å². The molecule has 0 spiro atoms. The summed E-state index contributed by atoms with van der Waals surface area (Å²) in [5.74, 6) is 0.860. The monoisotopic (exact) mass is 402 g/mol. The summed E-state index contributed by atoms with van der Waals surface area (Å²) in [6.45, 7) is 0.703. The van der Waals surface area contributed by atoms with Crippen molar-refractivity contribution in [2.75, 3.05) is 11.9 Å². The molecule has 0 saturated heterocycles. The van der Waals surface area contributed by atoms with E-state index in [1.54, 1.807) is 11.0 Å². The number of aryl methyl sites for hydroxylation is 1. The molecule has 11 heteroatoms. The van der Waals surface area contributed by atoms with Crippen LogP contribution in [-0.2, 0) is 30.3 Å². The molecule has 0 unspecified atom stereocenters. The minimum absolute atomic E-state index is 0.0694. The molecule has 148 valence electrons. The van der Waals surface area contributed by atoms with Gasteiger partial charge in [-0.2, -0.15) is 22.5 Å². The minimum Gasteiger partial charge on any atom is -0.356 e. The third-order valence-corrected chi connectivity index (χ3v) is 7.22. The SMILES string of the molecule is CN(c1ncnc2[nH]ccc12)C1CC(NS(=O)(=O)N2Cc3cn(C)nc3C2)C1. The van der Waals surface area contributed by atoms with Gasteiger partial charge in [0.2, 0.25) is 0 Å². The van der Waals surface area contributed by atoms with Crippen molar-refractivity contribution in [3.8, 4) is 0 Å². The highest BCUT2D eigenvalue weighted by Crippen LogP contribution is 2.32. The van der Waals surface area contributed by atoms with Crippen molar-refractivity contribution in [3.05, 3.63) is 36.0 Å². The number of aromatic amines is 1. The molecule has 2 aliphatic rings. The molecule has 0 radical (unpaired) electrons. The highest BCUT2D eigenvalue weighted by atomic mass is 32.2. The van der Waals surface area contributed by atoms with Crippen molar-refractivity contribution >= 4 is 27.1 Å². The van der Waals surface area contributed by atoms with Gasteiger partial charge in [-0.05, 0) is 18.9 Å². The first-order valence-electron chi connectivity index (χ1n) is 9.20. The molecule has 0 amide bonds. The zero-order valence-corrected chi connectivity index (χ0v) is 16.5. The van der Waals surface area contributed by atoms with Gasteiger partial charge in [0.15, 0.2) is 0 Å². The molecular weight excluding hydrogens is 380 g/mol. The van der Waals surface area contributed by atoms with Gasteiger partial charge in [0.05, 0.1) is 17.6 Å². The second kappa shape index (κ2) is 6.26. The Morgan fingerprint density at radius 1 is 1.29 bits per heavy atom. The Labute approximate surface area is 162 Å². The smallest absolute Gasteiger partial charge is 0.280 e. The Hall–Kier alpha value is -2.50. The maximum atomic E-state index is 12.7. The molecule has 1 fully saturated rings. The van der Waals surface area contributed by atoms with Gasteiger partial charge in [-0.15, -0.1) is 0 Å². The molecular formula is C17H22N8O2S. The van der Waals surface area contributed by atoms with Crippen LogP contribution in [0.4, 0.5) is 5.82 Å². The van der Waals surface area contributed by atoms with Crippen LogP contribution < -0.4 is 9.62 Å². The van der Waals surface area contributed by atoms with E-state index in [9.17, 15) is 8.42 Å². The fraction of sp³-hybridized carbons (Fsp3) is 0.471. The van der Waals surface area contributed by atoms with Gasteiger partial charge < -0.3 is 9.88 Å². The van der Waals surface area contributed by atoms with Crippen molar-refractivity contribution < 1.29 is 8.42 Å². The number of rotatable bonds is 5. The molecule has 1 saturated carbocycles. The summed E-state index contributed by atoms with van der Waals surface area (Å²) in [4.78, 5) is 13.8. The van der Waals surface area contributed by atoms with Crippen molar-refractivity contribution in [2.24, 2.45) is 7.05 Å². The van der Waals surface area contributed by atoms with E-state index in [1.807, 2.05) is 32.6 Å². The number of fused-ring (bicyclic) bond motifs is 2. The fourth-order valence-electron chi connectivity index (χ4n) is 4.03. The summed E-state index contributed by atoms with van der Waals surface area (Å²) in [5.41, 5.74) is 2.60. The number of nitrogens with one attached hydrogen (secondary N) is 2. The van der Waals surface area contributed by atoms with Gasteiger partial charge in [0.25, 0.3) is 10.2 Å². The molecule has 10 nitrogen and oxygen atoms in total. The average Bonchev–Trinajstić information content (AvgIpc) is 3.30. The van der Waals surface area contributed by atoms with Crippen LogP contribution in [0.1, 0.15) is 24.1 Å². The van der Waals surface area contributed by atoms with Gasteiger partial charge in [-0.1, -0.05) is 0 Å². The van der Waals surface area contributed by atoms with Crippen LogP contribution in [0, 0.1) is 0 Å². The second-order valence-electron chi connectivity index (χ2n) is 7.54. The lowest BCUT2D eigenvalue weighted by Gasteiger charge is -2.42. The fourth-order valence-corrected chi connectivity index (χ4v) is 5.39. The number of H-pyrrole nitrogens is 1. The molecule has 0 atom stereocenters. The summed E-state index contributed by atoms with van der Waals surface area (Å²) in [5, 5.41) is 5.29. The number of hydrogen-bond donors (Lipinski definition) is 2. The van der Waals surface area contributed by atoms with Crippen LogP contribution >= 0.6 is 0 Å². The normalized spacial score (nSPS) is 22.4. The predicted octanol–water partition coefficient (Wildman–Crippen LogP) is 0.509. The number of anilines is 1. The first kappa shape index (κ1) is 17.6. The molecule has 28 heavy (non-hydrogen) atoms. The highest BCUT2D eigenvalue weighted by molar-refractivity contribution is 7.87. The van der Waals surface area contributed by atoms with E-state index < -0.39 is 10.2 Å². The lowest BCUT2D eigenvalue weighted by atomic mass is 9.86. The molecule has 0 aromatic carbocycles. The standard InChI is InChI=1S/C17H22N8O2S/c1-23-7-11-8-25(9-15(11)21-23)28(26,27)22-12-5-13(6-12)24(2)17-14-3-4-18-16(14)19-10-20-17/h3-4,7,10,12-13,22H,5-6,8-9H2,1-2H3,(H,18,19,20). The Morgan fingerprint density at radius 2 is 2.11 bits per heavy atom. The number of aromatic nitrogens is 5. The Morgan fingerprint density at radius 3 is 2.89 bits per heavy atom. The van der Waals surface area contributed by atoms with E-state index in [1.165, 1.54) is 4.31 Å². The number of nitrogens with zero attached hydrogens (tertiary/aromatic N) is 6. The van der Waals surface area contributed by atoms with Gasteiger partial charge in [-0.25, -0.2) is 9.97 Å². The van der Waals surface area contributed by atoms with E-state index in [4.69, 9.17) is 0 Å². The molecule has 2 N–H and O–H groups in total. The third-order valence-electron chi connectivity index (χ3n) is 5.65. The molecule has 0 bridgehead atoms. The van der Waals surface area contributed by atoms with Crippen LogP contribution in [0.5, 0.6) is 0 Å². The van der Waals surface area contributed by atoms with Gasteiger partial charge in [0, 0.05) is 50.7 Å². The Bertz CT molecular complexity index is 1110. The Balaban J connectivity index is 1.21. The lowest BCUT2D eigenvalue weighted by molar-refractivity contribution is 0.305. The molecule has 1 aliphatic carbocycles. The zero-order valence-electron chi connectivity index (χ0n) is 15.7. The topological polar surface area (TPSA) is 112 Å². The maximum Gasteiger partial charge on any atom is 0.280 e. The van der Waals surface area contributed by atoms with Crippen LogP contribution in [0.2, 0.25) is 0 Å². The van der Waals surface area contributed by atoms with Crippen molar-refractivity contribution in [2.45, 2.75) is 38.0 Å². The highest BCUT2D eigenvalue weighted by Gasteiger charge is 2.39. The third kappa shape index (κ3) is 2.86. The summed E-state index contributed by atoms with van der Waals surface area (Å²) < 4.78 is 31.5. The van der Waals surface area contributed by atoms with Crippen LogP contribution in [0.25, 0.3) is 11.0 Å². The first-order valence-corrected chi connectivity index (χ1v) is 10.6. The predicted molar refractivity (Wildman–Crippen MR) is 104 cm³/mol. The van der Waals surface area contributed by atoms with Gasteiger partial charge >= 0.3 is 0 Å². The lowest BCUT2D eigenvalue weighted by Crippen LogP contribution is -2.55. The van der Waals surface area contributed by atoms with E-state index in [0.717, 1.165) is 41.0 Å². The summed E-state index contributed by atoms with van der Waals surface area (Å²) >= 11 is 0. The molecule has 4 heterocycles. The van der Waals surface area contributed by atoms with Crippen molar-refractivity contribution in [1.29, 1.82) is 0 Å². The van der Waals surface area contributed by atoms with Crippen molar-refractivity contribution in [3.63, 3.8) is 0 Å². The number of hydrogen-bond acceptors (Lipinski definition) is 6. The average molecular weight is 402 g/mol. The van der Waals surface area contributed by atoms with Crippen molar-refractivity contribution in [1.82, 2.24) is 33.8 Å². The largest absolute Gasteiger partial charge is 0.356 e.